The van der Waals surface area contributed by atoms with E-state index in [1.54, 1.807) is 19.0 Å². The van der Waals surface area contributed by atoms with Crippen LogP contribution < -0.4 is 5.32 Å². The van der Waals surface area contributed by atoms with Gasteiger partial charge in [0.25, 0.3) is 5.91 Å². The van der Waals surface area contributed by atoms with Gasteiger partial charge in [0.2, 0.25) is 0 Å². The van der Waals surface area contributed by atoms with Crippen LogP contribution in [0.25, 0.3) is 0 Å². The standard InChI is InChI=1S/C23H26N6O2/c1-15-8-7-9-16(12-15)13-29-22-24-20-19(21(30)27(3)23(31)26(20)2)28(22)14-18(25-29)17-10-5-4-6-11-17/h4-12,19-20,22,24H,13-14H2,1-3H3. The molecular formula is C23H26N6O2. The van der Waals surface area contributed by atoms with Crippen molar-refractivity contribution in [2.24, 2.45) is 5.10 Å². The van der Waals surface area contributed by atoms with Gasteiger partial charge in [0, 0.05) is 20.6 Å². The molecule has 2 aromatic carbocycles. The molecule has 0 aliphatic carbocycles. The van der Waals surface area contributed by atoms with Gasteiger partial charge in [-0.1, -0.05) is 60.2 Å². The lowest BCUT2D eigenvalue weighted by atomic mass is 10.1. The van der Waals surface area contributed by atoms with Crippen LogP contribution in [-0.4, -0.2) is 76.5 Å². The van der Waals surface area contributed by atoms with E-state index in [1.165, 1.54) is 10.5 Å². The Morgan fingerprint density at radius 3 is 2.58 bits per heavy atom. The van der Waals surface area contributed by atoms with Crippen LogP contribution in [0.3, 0.4) is 0 Å². The predicted molar refractivity (Wildman–Crippen MR) is 117 cm³/mol. The van der Waals surface area contributed by atoms with E-state index in [2.05, 4.69) is 35.3 Å². The van der Waals surface area contributed by atoms with Crippen LogP contribution in [0.4, 0.5) is 4.79 Å². The molecule has 160 valence electrons. The van der Waals surface area contributed by atoms with Crippen LogP contribution in [0, 0.1) is 6.92 Å². The zero-order chi connectivity index (χ0) is 21.7. The summed E-state index contributed by atoms with van der Waals surface area (Å²) in [7, 11) is 3.28. The van der Waals surface area contributed by atoms with Crippen molar-refractivity contribution in [1.29, 1.82) is 0 Å². The molecule has 5 rings (SSSR count). The highest BCUT2D eigenvalue weighted by Gasteiger charge is 2.55. The van der Waals surface area contributed by atoms with Crippen molar-refractivity contribution in [3.63, 3.8) is 0 Å². The Labute approximate surface area is 181 Å². The van der Waals surface area contributed by atoms with Crippen molar-refractivity contribution >= 4 is 17.6 Å². The molecule has 8 nitrogen and oxygen atoms in total. The quantitative estimate of drug-likeness (QED) is 0.820. The van der Waals surface area contributed by atoms with Gasteiger partial charge in [0.05, 0.1) is 12.3 Å². The number of hydrogen-bond donors (Lipinski definition) is 1. The van der Waals surface area contributed by atoms with E-state index >= 15 is 0 Å². The number of hydrazone groups is 1. The average molecular weight is 419 g/mol. The summed E-state index contributed by atoms with van der Waals surface area (Å²) in [6.45, 7) is 3.18. The van der Waals surface area contributed by atoms with E-state index in [0.717, 1.165) is 16.8 Å². The molecule has 2 saturated heterocycles. The molecular weight excluding hydrogens is 392 g/mol. The van der Waals surface area contributed by atoms with Gasteiger partial charge in [-0.25, -0.2) is 9.69 Å². The van der Waals surface area contributed by atoms with E-state index in [4.69, 9.17) is 5.10 Å². The van der Waals surface area contributed by atoms with Crippen LogP contribution in [0.2, 0.25) is 0 Å². The number of benzene rings is 2. The summed E-state index contributed by atoms with van der Waals surface area (Å²) in [4.78, 5) is 30.6. The molecule has 3 unspecified atom stereocenters. The van der Waals surface area contributed by atoms with Crippen molar-refractivity contribution in [2.75, 3.05) is 20.6 Å². The molecule has 31 heavy (non-hydrogen) atoms. The lowest BCUT2D eigenvalue weighted by Gasteiger charge is -2.41. The van der Waals surface area contributed by atoms with Gasteiger partial charge in [0.1, 0.15) is 12.2 Å². The Balaban J connectivity index is 1.54. The molecule has 1 N–H and O–H groups in total. The first-order valence-corrected chi connectivity index (χ1v) is 10.5. The minimum atomic E-state index is -0.466. The number of aryl methyl sites for hydroxylation is 1. The second-order valence-corrected chi connectivity index (χ2v) is 8.39. The van der Waals surface area contributed by atoms with Gasteiger partial charge in [-0.2, -0.15) is 5.10 Å². The Morgan fingerprint density at radius 2 is 1.84 bits per heavy atom. The fourth-order valence-electron chi connectivity index (χ4n) is 4.68. The van der Waals surface area contributed by atoms with Crippen LogP contribution in [-0.2, 0) is 11.3 Å². The SMILES string of the molecule is Cc1cccc(CN2N=C(c3ccccc3)CN3C4C(=O)N(C)C(=O)N(C)C4NC23)c1. The lowest BCUT2D eigenvalue weighted by molar-refractivity contribution is -0.137. The number of fused-ring (bicyclic) bond motifs is 3. The highest BCUT2D eigenvalue weighted by molar-refractivity contribution is 6.04. The molecule has 0 aromatic heterocycles. The largest absolute Gasteiger partial charge is 0.327 e. The third-order valence-electron chi connectivity index (χ3n) is 6.28. The van der Waals surface area contributed by atoms with Gasteiger partial charge < -0.3 is 4.90 Å². The monoisotopic (exact) mass is 418 g/mol. The van der Waals surface area contributed by atoms with E-state index in [-0.39, 0.29) is 18.2 Å². The summed E-state index contributed by atoms with van der Waals surface area (Å²) in [5.74, 6) is -0.187. The molecule has 2 fully saturated rings. The smallest absolute Gasteiger partial charge is 0.310 e. The van der Waals surface area contributed by atoms with Crippen molar-refractivity contribution in [3.05, 3.63) is 71.3 Å². The number of carbonyl (C=O) groups is 2. The van der Waals surface area contributed by atoms with E-state index < -0.39 is 12.2 Å². The van der Waals surface area contributed by atoms with Gasteiger partial charge in [-0.05, 0) is 18.1 Å². The maximum Gasteiger partial charge on any atom is 0.327 e. The third-order valence-corrected chi connectivity index (χ3v) is 6.28. The minimum absolute atomic E-state index is 0.187. The normalized spacial score (nSPS) is 26.1. The number of nitrogens with one attached hydrogen (secondary N) is 1. The highest BCUT2D eigenvalue weighted by Crippen LogP contribution is 2.31. The summed E-state index contributed by atoms with van der Waals surface area (Å²) in [5.41, 5.74) is 4.26. The first-order chi connectivity index (χ1) is 14.9. The van der Waals surface area contributed by atoms with Crippen molar-refractivity contribution in [2.45, 2.75) is 32.0 Å². The van der Waals surface area contributed by atoms with E-state index in [0.29, 0.717) is 13.1 Å². The van der Waals surface area contributed by atoms with Crippen LogP contribution in [0.1, 0.15) is 16.7 Å². The molecule has 3 heterocycles. The molecule has 3 aliphatic heterocycles. The molecule has 0 saturated carbocycles. The number of urea groups is 1. The summed E-state index contributed by atoms with van der Waals surface area (Å²) >= 11 is 0. The maximum atomic E-state index is 13.1. The fraction of sp³-hybridized carbons (Fsp3) is 0.348. The fourth-order valence-corrected chi connectivity index (χ4v) is 4.68. The summed E-state index contributed by atoms with van der Waals surface area (Å²) in [6, 6.07) is 17.6. The number of carbonyl (C=O) groups excluding carboxylic acids is 2. The summed E-state index contributed by atoms with van der Waals surface area (Å²) in [5, 5.41) is 10.5. The second kappa shape index (κ2) is 7.47. The summed E-state index contributed by atoms with van der Waals surface area (Å²) in [6.07, 6.45) is -0.680. The van der Waals surface area contributed by atoms with Gasteiger partial charge >= 0.3 is 6.03 Å². The van der Waals surface area contributed by atoms with Gasteiger partial charge in [0.15, 0.2) is 6.29 Å². The van der Waals surface area contributed by atoms with Gasteiger partial charge in [-0.3, -0.25) is 20.0 Å². The molecule has 3 amide bonds. The Kier molecular flexibility index (Phi) is 4.75. The molecule has 8 heteroatoms. The zero-order valence-corrected chi connectivity index (χ0v) is 17.9. The number of hydrogen-bond acceptors (Lipinski definition) is 6. The minimum Gasteiger partial charge on any atom is -0.310 e. The molecule has 3 aliphatic rings. The lowest BCUT2D eigenvalue weighted by Crippen LogP contribution is -2.65. The Morgan fingerprint density at radius 1 is 1.06 bits per heavy atom. The Bertz CT molecular complexity index is 1060. The number of amides is 3. The van der Waals surface area contributed by atoms with Gasteiger partial charge in [-0.15, -0.1) is 0 Å². The topological polar surface area (TPSA) is 71.5 Å². The average Bonchev–Trinajstić information content (AvgIpc) is 3.17. The zero-order valence-electron chi connectivity index (χ0n) is 17.9. The van der Waals surface area contributed by atoms with Crippen LogP contribution in [0.5, 0.6) is 0 Å². The molecule has 0 spiro atoms. The second-order valence-electron chi connectivity index (χ2n) is 8.39. The molecule has 0 bridgehead atoms. The Hall–Kier alpha value is -3.23. The van der Waals surface area contributed by atoms with Crippen molar-refractivity contribution < 1.29 is 9.59 Å². The first-order valence-electron chi connectivity index (χ1n) is 10.5. The number of rotatable bonds is 3. The number of likely N-dealkylation sites (N-methyl/N-ethyl adjacent to an activating group) is 2. The first kappa shape index (κ1) is 19.7. The third kappa shape index (κ3) is 3.28. The summed E-state index contributed by atoms with van der Waals surface area (Å²) < 4.78 is 0. The van der Waals surface area contributed by atoms with Crippen molar-refractivity contribution in [1.82, 2.24) is 25.0 Å². The molecule has 0 radical (unpaired) electrons. The highest BCUT2D eigenvalue weighted by atomic mass is 16.2. The van der Waals surface area contributed by atoms with E-state index in [1.807, 2.05) is 41.4 Å². The molecule has 3 atom stereocenters. The molecule has 2 aromatic rings. The van der Waals surface area contributed by atoms with Crippen LogP contribution in [0.15, 0.2) is 59.7 Å². The predicted octanol–water partition coefficient (Wildman–Crippen LogP) is 1.62. The maximum absolute atomic E-state index is 13.1. The van der Waals surface area contributed by atoms with Crippen LogP contribution >= 0.6 is 0 Å². The van der Waals surface area contributed by atoms with E-state index in [9.17, 15) is 9.59 Å². The van der Waals surface area contributed by atoms with Crippen molar-refractivity contribution in [3.8, 4) is 0 Å². The number of nitrogens with zero attached hydrogens (tertiary/aromatic N) is 5. The number of imide groups is 1.